The van der Waals surface area contributed by atoms with Crippen molar-refractivity contribution in [3.63, 3.8) is 0 Å². The molecule has 2 aromatic rings. The van der Waals surface area contributed by atoms with Crippen LogP contribution in [-0.2, 0) is 21.2 Å². The molecule has 1 atom stereocenters. The van der Waals surface area contributed by atoms with Gasteiger partial charge in [-0.2, -0.15) is 4.31 Å². The van der Waals surface area contributed by atoms with Gasteiger partial charge in [0.05, 0.1) is 4.90 Å². The van der Waals surface area contributed by atoms with E-state index in [0.29, 0.717) is 18.8 Å². The number of benzene rings is 2. The number of carbonyl (C=O) groups is 1. The summed E-state index contributed by atoms with van der Waals surface area (Å²) in [4.78, 5) is 14.8. The summed E-state index contributed by atoms with van der Waals surface area (Å²) in [5, 5.41) is 0. The molecule has 1 fully saturated rings. The Hall–Kier alpha value is -2.38. The van der Waals surface area contributed by atoms with Gasteiger partial charge in [-0.15, -0.1) is 0 Å². The van der Waals surface area contributed by atoms with Crippen molar-refractivity contribution in [3.05, 3.63) is 54.1 Å². The first-order valence-corrected chi connectivity index (χ1v) is 12.0. The molecule has 6 nitrogen and oxygen atoms in total. The molecule has 30 heavy (non-hydrogen) atoms. The fourth-order valence-corrected chi connectivity index (χ4v) is 5.82. The van der Waals surface area contributed by atoms with E-state index in [4.69, 9.17) is 4.74 Å². The minimum atomic E-state index is -3.48. The molecule has 0 N–H and O–H groups in total. The van der Waals surface area contributed by atoms with Crippen LogP contribution in [0.2, 0.25) is 0 Å². The predicted molar refractivity (Wildman–Crippen MR) is 116 cm³/mol. The Morgan fingerprint density at radius 3 is 2.37 bits per heavy atom. The summed E-state index contributed by atoms with van der Waals surface area (Å²) in [5.41, 5.74) is 2.11. The van der Waals surface area contributed by atoms with Crippen molar-refractivity contribution in [1.29, 1.82) is 0 Å². The third kappa shape index (κ3) is 4.23. The molecule has 0 saturated carbocycles. The van der Waals surface area contributed by atoms with E-state index in [1.54, 1.807) is 33.5 Å². The van der Waals surface area contributed by atoms with Gasteiger partial charge in [0.1, 0.15) is 5.75 Å². The van der Waals surface area contributed by atoms with E-state index in [0.717, 1.165) is 37.8 Å². The number of hydrogen-bond acceptors (Lipinski definition) is 4. The van der Waals surface area contributed by atoms with Crippen LogP contribution in [0.3, 0.4) is 0 Å². The van der Waals surface area contributed by atoms with Crippen molar-refractivity contribution in [2.45, 2.75) is 50.0 Å². The number of para-hydroxylation sites is 1. The van der Waals surface area contributed by atoms with Crippen LogP contribution in [-0.4, -0.2) is 44.4 Å². The molecule has 0 unspecified atom stereocenters. The monoisotopic (exact) mass is 428 g/mol. The minimum Gasteiger partial charge on any atom is -0.484 e. The molecule has 2 aliphatic rings. The minimum absolute atomic E-state index is 0.0864. The predicted octanol–water partition coefficient (Wildman–Crippen LogP) is 3.61. The normalized spacial score (nSPS) is 19.9. The third-order valence-electron chi connectivity index (χ3n) is 5.86. The number of rotatable bonds is 5. The number of fused-ring (bicyclic) bond motifs is 1. The molecule has 2 aliphatic heterocycles. The summed E-state index contributed by atoms with van der Waals surface area (Å²) in [6, 6.07) is 14.4. The Morgan fingerprint density at radius 2 is 1.67 bits per heavy atom. The van der Waals surface area contributed by atoms with Gasteiger partial charge in [-0.25, -0.2) is 8.42 Å². The lowest BCUT2D eigenvalue weighted by atomic mass is 10.1. The molecule has 2 aromatic carbocycles. The molecule has 0 aliphatic carbocycles. The lowest BCUT2D eigenvalue weighted by Gasteiger charge is -2.23. The van der Waals surface area contributed by atoms with Gasteiger partial charge in [0.25, 0.3) is 5.91 Å². The number of ether oxygens (including phenoxy) is 1. The number of hydrogen-bond donors (Lipinski definition) is 0. The summed E-state index contributed by atoms with van der Waals surface area (Å²) in [6.07, 6.45) is 4.80. The first-order valence-electron chi connectivity index (χ1n) is 10.6. The molecule has 1 saturated heterocycles. The first kappa shape index (κ1) is 20.9. The van der Waals surface area contributed by atoms with Gasteiger partial charge < -0.3 is 9.64 Å². The van der Waals surface area contributed by atoms with Crippen molar-refractivity contribution in [3.8, 4) is 5.75 Å². The summed E-state index contributed by atoms with van der Waals surface area (Å²) < 4.78 is 33.0. The Bertz CT molecular complexity index is 996. The number of amides is 1. The van der Waals surface area contributed by atoms with Gasteiger partial charge >= 0.3 is 0 Å². The summed E-state index contributed by atoms with van der Waals surface area (Å²) in [7, 11) is -3.48. The van der Waals surface area contributed by atoms with E-state index in [9.17, 15) is 13.2 Å². The Kier molecular flexibility index (Phi) is 6.11. The second-order valence-corrected chi connectivity index (χ2v) is 9.96. The van der Waals surface area contributed by atoms with Crippen molar-refractivity contribution < 1.29 is 17.9 Å². The standard InChI is InChI=1S/C23H28N2O4S/c1-18-16-19-8-4-5-9-22(19)25(18)23(26)17-29-20-10-12-21(13-11-20)30(27,28)24-14-6-2-3-7-15-24/h4-5,8-13,18H,2-3,6-7,14-17H2,1H3/t18-/m0/s1. The lowest BCUT2D eigenvalue weighted by molar-refractivity contribution is -0.120. The van der Waals surface area contributed by atoms with Crippen LogP contribution in [0.1, 0.15) is 38.2 Å². The summed E-state index contributed by atoms with van der Waals surface area (Å²) in [5.74, 6) is 0.381. The van der Waals surface area contributed by atoms with Crippen molar-refractivity contribution in [1.82, 2.24) is 4.31 Å². The number of anilines is 1. The van der Waals surface area contributed by atoms with E-state index in [1.807, 2.05) is 31.2 Å². The second-order valence-electron chi connectivity index (χ2n) is 8.02. The second kappa shape index (κ2) is 8.78. The molecular weight excluding hydrogens is 400 g/mol. The van der Waals surface area contributed by atoms with E-state index < -0.39 is 10.0 Å². The number of sulfonamides is 1. The van der Waals surface area contributed by atoms with E-state index >= 15 is 0 Å². The van der Waals surface area contributed by atoms with Crippen molar-refractivity contribution >= 4 is 21.6 Å². The highest BCUT2D eigenvalue weighted by Gasteiger charge is 2.30. The van der Waals surface area contributed by atoms with E-state index in [-0.39, 0.29) is 23.5 Å². The van der Waals surface area contributed by atoms with Gasteiger partial charge in [-0.3, -0.25) is 4.79 Å². The fourth-order valence-electron chi connectivity index (χ4n) is 4.30. The van der Waals surface area contributed by atoms with Crippen LogP contribution < -0.4 is 9.64 Å². The molecule has 0 radical (unpaired) electrons. The van der Waals surface area contributed by atoms with E-state index in [2.05, 4.69) is 0 Å². The third-order valence-corrected chi connectivity index (χ3v) is 7.78. The van der Waals surface area contributed by atoms with Crippen LogP contribution in [0.5, 0.6) is 5.75 Å². The molecular formula is C23H28N2O4S. The highest BCUT2D eigenvalue weighted by atomic mass is 32.2. The molecule has 0 spiro atoms. The Morgan fingerprint density at radius 1 is 1.00 bits per heavy atom. The van der Waals surface area contributed by atoms with Gasteiger partial charge in [0.2, 0.25) is 10.0 Å². The Labute approximate surface area is 178 Å². The zero-order valence-corrected chi connectivity index (χ0v) is 18.1. The molecule has 1 amide bonds. The topological polar surface area (TPSA) is 66.9 Å². The van der Waals surface area contributed by atoms with Crippen LogP contribution in [0.15, 0.2) is 53.4 Å². The highest BCUT2D eigenvalue weighted by Crippen LogP contribution is 2.32. The average molecular weight is 429 g/mol. The molecule has 7 heteroatoms. The molecule has 0 aromatic heterocycles. The van der Waals surface area contributed by atoms with E-state index in [1.165, 1.54) is 5.56 Å². The van der Waals surface area contributed by atoms with Crippen molar-refractivity contribution in [2.24, 2.45) is 0 Å². The zero-order valence-electron chi connectivity index (χ0n) is 17.3. The summed E-state index contributed by atoms with van der Waals surface area (Å²) >= 11 is 0. The molecule has 2 heterocycles. The maximum Gasteiger partial charge on any atom is 0.265 e. The smallest absolute Gasteiger partial charge is 0.265 e. The van der Waals surface area contributed by atoms with Gasteiger partial charge in [0.15, 0.2) is 6.61 Å². The Balaban J connectivity index is 1.40. The maximum atomic E-state index is 12.9. The van der Waals surface area contributed by atoms with Crippen LogP contribution in [0.4, 0.5) is 5.69 Å². The quantitative estimate of drug-likeness (QED) is 0.730. The molecule has 160 valence electrons. The average Bonchev–Trinajstić information content (AvgIpc) is 2.91. The van der Waals surface area contributed by atoms with Gasteiger partial charge in [-0.05, 0) is 62.1 Å². The van der Waals surface area contributed by atoms with Gasteiger partial charge in [0, 0.05) is 24.8 Å². The maximum absolute atomic E-state index is 12.9. The van der Waals surface area contributed by atoms with Crippen LogP contribution in [0, 0.1) is 0 Å². The van der Waals surface area contributed by atoms with Crippen LogP contribution in [0.25, 0.3) is 0 Å². The fraction of sp³-hybridized carbons (Fsp3) is 0.435. The molecule has 0 bridgehead atoms. The molecule has 4 rings (SSSR count). The number of carbonyl (C=O) groups excluding carboxylic acids is 1. The largest absolute Gasteiger partial charge is 0.484 e. The SMILES string of the molecule is C[C@H]1Cc2ccccc2N1C(=O)COc1ccc(S(=O)(=O)N2CCCCCC2)cc1. The highest BCUT2D eigenvalue weighted by molar-refractivity contribution is 7.89. The first-order chi connectivity index (χ1) is 14.5. The zero-order chi connectivity index (χ0) is 21.1. The summed E-state index contributed by atoms with van der Waals surface area (Å²) in [6.45, 7) is 3.09. The van der Waals surface area contributed by atoms with Crippen molar-refractivity contribution in [2.75, 3.05) is 24.6 Å². The van der Waals surface area contributed by atoms with Gasteiger partial charge in [-0.1, -0.05) is 31.0 Å². The van der Waals surface area contributed by atoms with Crippen LogP contribution >= 0.6 is 0 Å². The lowest BCUT2D eigenvalue weighted by Crippen LogP contribution is -2.39. The number of nitrogens with zero attached hydrogens (tertiary/aromatic N) is 2.